The van der Waals surface area contributed by atoms with Gasteiger partial charge in [-0.25, -0.2) is 0 Å². The van der Waals surface area contributed by atoms with Crippen molar-refractivity contribution < 1.29 is 9.47 Å². The molecule has 1 heterocycles. The van der Waals surface area contributed by atoms with Crippen molar-refractivity contribution in [3.8, 4) is 5.75 Å². The maximum Gasteiger partial charge on any atom is 0.143 e. The number of hydrogen-bond acceptors (Lipinski definition) is 4. The molecule has 1 aromatic rings. The van der Waals surface area contributed by atoms with Gasteiger partial charge in [0.25, 0.3) is 0 Å². The summed E-state index contributed by atoms with van der Waals surface area (Å²) in [5, 5.41) is 0. The van der Waals surface area contributed by atoms with Crippen LogP contribution in [0, 0.1) is 6.92 Å². The fraction of sp³-hybridized carbons (Fsp3) is 0.600. The Labute approximate surface area is 115 Å². The number of anilines is 1. The zero-order valence-electron chi connectivity index (χ0n) is 11.9. The summed E-state index contributed by atoms with van der Waals surface area (Å²) in [6, 6.07) is 6.35. The lowest BCUT2D eigenvalue weighted by Gasteiger charge is -2.36. The molecule has 0 saturated carbocycles. The predicted octanol–water partition coefficient (Wildman–Crippen LogP) is 1.95. The molecule has 4 nitrogen and oxygen atoms in total. The first-order valence-corrected chi connectivity index (χ1v) is 7.04. The average Bonchev–Trinajstić information content (AvgIpc) is 2.43. The Morgan fingerprint density at radius 3 is 3.00 bits per heavy atom. The van der Waals surface area contributed by atoms with E-state index in [0.29, 0.717) is 19.8 Å². The molecule has 0 aliphatic carbocycles. The zero-order chi connectivity index (χ0) is 13.7. The van der Waals surface area contributed by atoms with Gasteiger partial charge in [-0.3, -0.25) is 0 Å². The Bertz CT molecular complexity index is 409. The highest BCUT2D eigenvalue weighted by atomic mass is 16.5. The Hall–Kier alpha value is -1.26. The van der Waals surface area contributed by atoms with Crippen LogP contribution in [0.4, 0.5) is 5.69 Å². The molecule has 4 heteroatoms. The van der Waals surface area contributed by atoms with Gasteiger partial charge >= 0.3 is 0 Å². The maximum atomic E-state index is 5.99. The van der Waals surface area contributed by atoms with Crippen LogP contribution in [0.2, 0.25) is 0 Å². The Morgan fingerprint density at radius 1 is 1.42 bits per heavy atom. The minimum Gasteiger partial charge on any atom is -0.486 e. The van der Waals surface area contributed by atoms with Crippen LogP contribution in [-0.4, -0.2) is 39.0 Å². The molecule has 1 atom stereocenters. The lowest BCUT2D eigenvalue weighted by molar-refractivity contribution is 0.140. The third-order valence-electron chi connectivity index (χ3n) is 3.40. The Morgan fingerprint density at radius 2 is 2.26 bits per heavy atom. The zero-order valence-corrected chi connectivity index (χ0v) is 11.9. The van der Waals surface area contributed by atoms with Gasteiger partial charge in [-0.15, -0.1) is 0 Å². The number of ether oxygens (including phenoxy) is 2. The highest BCUT2D eigenvalue weighted by Crippen LogP contribution is 2.34. The summed E-state index contributed by atoms with van der Waals surface area (Å²) < 4.78 is 11.5. The second-order valence-corrected chi connectivity index (χ2v) is 4.97. The van der Waals surface area contributed by atoms with Crippen molar-refractivity contribution in [3.63, 3.8) is 0 Å². The van der Waals surface area contributed by atoms with Gasteiger partial charge < -0.3 is 20.1 Å². The number of benzene rings is 1. The quantitative estimate of drug-likeness (QED) is 0.798. The molecule has 0 radical (unpaired) electrons. The van der Waals surface area contributed by atoms with Gasteiger partial charge in [0.15, 0.2) is 0 Å². The van der Waals surface area contributed by atoms with Crippen molar-refractivity contribution in [1.82, 2.24) is 0 Å². The first-order chi connectivity index (χ1) is 9.24. The van der Waals surface area contributed by atoms with E-state index in [1.165, 1.54) is 11.3 Å². The van der Waals surface area contributed by atoms with Crippen LogP contribution in [0.5, 0.6) is 5.75 Å². The summed E-state index contributed by atoms with van der Waals surface area (Å²) in [4.78, 5) is 2.36. The molecule has 1 unspecified atom stereocenters. The minimum absolute atomic E-state index is 0.268. The smallest absolute Gasteiger partial charge is 0.143 e. The number of aryl methyl sites for hydroxylation is 1. The molecule has 0 saturated heterocycles. The SMILES string of the molecule is CCC1CN(CCOCCN)c2cc(C)ccc2O1. The first kappa shape index (κ1) is 14.2. The second-order valence-electron chi connectivity index (χ2n) is 4.97. The summed E-state index contributed by atoms with van der Waals surface area (Å²) in [6.45, 7) is 8.00. The van der Waals surface area contributed by atoms with Crippen molar-refractivity contribution in [2.45, 2.75) is 26.4 Å². The van der Waals surface area contributed by atoms with Crippen LogP contribution in [0.3, 0.4) is 0 Å². The number of nitrogens with two attached hydrogens (primary N) is 1. The minimum atomic E-state index is 0.268. The molecule has 0 spiro atoms. The van der Waals surface area contributed by atoms with Crippen LogP contribution in [-0.2, 0) is 4.74 Å². The van der Waals surface area contributed by atoms with Crippen LogP contribution in [0.1, 0.15) is 18.9 Å². The lowest BCUT2D eigenvalue weighted by atomic mass is 10.1. The molecule has 2 rings (SSSR count). The van der Waals surface area contributed by atoms with Crippen LogP contribution >= 0.6 is 0 Å². The molecule has 2 N–H and O–H groups in total. The highest BCUT2D eigenvalue weighted by Gasteiger charge is 2.24. The molecule has 19 heavy (non-hydrogen) atoms. The molecule has 0 bridgehead atoms. The number of rotatable bonds is 6. The Kier molecular flexibility index (Phi) is 5.05. The third kappa shape index (κ3) is 3.61. The van der Waals surface area contributed by atoms with E-state index in [2.05, 4.69) is 36.9 Å². The molecule has 0 amide bonds. The van der Waals surface area contributed by atoms with Crippen LogP contribution in [0.15, 0.2) is 18.2 Å². The van der Waals surface area contributed by atoms with E-state index in [1.807, 2.05) is 0 Å². The lowest BCUT2D eigenvalue weighted by Crippen LogP contribution is -2.41. The van der Waals surface area contributed by atoms with E-state index in [-0.39, 0.29) is 6.10 Å². The molecule has 1 aromatic carbocycles. The van der Waals surface area contributed by atoms with Crippen LogP contribution < -0.4 is 15.4 Å². The normalized spacial score (nSPS) is 18.1. The van der Waals surface area contributed by atoms with Crippen molar-refractivity contribution in [2.24, 2.45) is 5.73 Å². The monoisotopic (exact) mass is 264 g/mol. The highest BCUT2D eigenvalue weighted by molar-refractivity contribution is 5.61. The predicted molar refractivity (Wildman–Crippen MR) is 78.0 cm³/mol. The standard InChI is InChI=1S/C15H24N2O2/c1-3-13-11-17(7-9-18-8-6-16)14-10-12(2)4-5-15(14)19-13/h4-5,10,13H,3,6-9,11,16H2,1-2H3. The number of nitrogens with zero attached hydrogens (tertiary/aromatic N) is 1. The average molecular weight is 264 g/mol. The number of fused-ring (bicyclic) bond motifs is 1. The fourth-order valence-electron chi connectivity index (χ4n) is 2.32. The first-order valence-electron chi connectivity index (χ1n) is 7.04. The molecule has 106 valence electrons. The van der Waals surface area contributed by atoms with Gasteiger partial charge in [0.1, 0.15) is 11.9 Å². The van der Waals surface area contributed by atoms with Crippen molar-refractivity contribution >= 4 is 5.69 Å². The second kappa shape index (κ2) is 6.78. The van der Waals surface area contributed by atoms with Crippen LogP contribution in [0.25, 0.3) is 0 Å². The summed E-state index contributed by atoms with van der Waals surface area (Å²) in [7, 11) is 0. The topological polar surface area (TPSA) is 47.7 Å². The summed E-state index contributed by atoms with van der Waals surface area (Å²) in [5.74, 6) is 0.988. The molecular formula is C15H24N2O2. The Balaban J connectivity index is 2.07. The molecule has 0 aromatic heterocycles. The fourth-order valence-corrected chi connectivity index (χ4v) is 2.32. The van der Waals surface area contributed by atoms with Gasteiger partial charge in [-0.05, 0) is 31.0 Å². The van der Waals surface area contributed by atoms with E-state index in [1.54, 1.807) is 0 Å². The molecule has 1 aliphatic rings. The van der Waals surface area contributed by atoms with Crippen molar-refractivity contribution in [3.05, 3.63) is 23.8 Å². The molecular weight excluding hydrogens is 240 g/mol. The third-order valence-corrected chi connectivity index (χ3v) is 3.40. The van der Waals surface area contributed by atoms with E-state index < -0.39 is 0 Å². The van der Waals surface area contributed by atoms with Gasteiger partial charge in [0.2, 0.25) is 0 Å². The summed E-state index contributed by atoms with van der Waals surface area (Å²) in [5.41, 5.74) is 7.87. The van der Waals surface area contributed by atoms with Crippen molar-refractivity contribution in [2.75, 3.05) is 37.7 Å². The molecule has 1 aliphatic heterocycles. The van der Waals surface area contributed by atoms with E-state index in [9.17, 15) is 0 Å². The summed E-state index contributed by atoms with van der Waals surface area (Å²) in [6.07, 6.45) is 1.29. The van der Waals surface area contributed by atoms with Gasteiger partial charge in [0.05, 0.1) is 25.4 Å². The van der Waals surface area contributed by atoms with E-state index in [0.717, 1.165) is 25.3 Å². The van der Waals surface area contributed by atoms with Gasteiger partial charge in [-0.2, -0.15) is 0 Å². The molecule has 0 fully saturated rings. The maximum absolute atomic E-state index is 5.99. The van der Waals surface area contributed by atoms with Crippen molar-refractivity contribution in [1.29, 1.82) is 0 Å². The van der Waals surface area contributed by atoms with E-state index >= 15 is 0 Å². The largest absolute Gasteiger partial charge is 0.486 e. The van der Waals surface area contributed by atoms with Gasteiger partial charge in [0, 0.05) is 13.1 Å². The number of hydrogen-bond donors (Lipinski definition) is 1. The van der Waals surface area contributed by atoms with Gasteiger partial charge in [-0.1, -0.05) is 13.0 Å². The summed E-state index contributed by atoms with van der Waals surface area (Å²) >= 11 is 0. The van der Waals surface area contributed by atoms with E-state index in [4.69, 9.17) is 15.2 Å².